The molecule has 0 aromatic heterocycles. The van der Waals surface area contributed by atoms with E-state index in [1.165, 1.54) is 12.1 Å². The molecular weight excluding hydrogens is 292 g/mol. The highest BCUT2D eigenvalue weighted by Gasteiger charge is 1.97. The van der Waals surface area contributed by atoms with E-state index in [1.807, 2.05) is 6.07 Å². The maximum atomic E-state index is 12.9. The number of hydrogen-bond donors (Lipinski definition) is 1. The van der Waals surface area contributed by atoms with Crippen molar-refractivity contribution in [1.82, 2.24) is 5.32 Å². The molecule has 0 bridgehead atoms. The average Bonchev–Trinajstić information content (AvgIpc) is 2.03. The summed E-state index contributed by atoms with van der Waals surface area (Å²) in [6, 6.07) is 4.82. The Morgan fingerprint density at radius 1 is 1.36 bits per heavy atom. The molecule has 1 aromatic rings. The number of rotatable bonds is 4. The second kappa shape index (κ2) is 7.46. The number of nitrogens with one attached hydrogen (secondary N) is 1. The Labute approximate surface area is 103 Å². The maximum absolute atomic E-state index is 12.9. The van der Waals surface area contributed by atoms with Crippen LogP contribution in [0.1, 0.15) is 5.56 Å². The molecule has 1 rings (SSSR count). The first kappa shape index (κ1) is 14.2. The van der Waals surface area contributed by atoms with Gasteiger partial charge in [0.2, 0.25) is 0 Å². The zero-order valence-corrected chi connectivity index (χ0v) is 10.6. The molecule has 1 N–H and O–H groups in total. The molecule has 0 fully saturated rings. The molecule has 0 unspecified atom stereocenters. The summed E-state index contributed by atoms with van der Waals surface area (Å²) in [5.41, 5.74) is 0.914. The summed E-state index contributed by atoms with van der Waals surface area (Å²) < 4.78 is 13.6. The Kier molecular flexibility index (Phi) is 7.55. The molecule has 1 aromatic carbocycles. The fraction of sp³-hybridized carbons (Fsp3) is 0.333. The van der Waals surface area contributed by atoms with Gasteiger partial charge in [0.05, 0.1) is 0 Å². The molecule has 0 amide bonds. The Balaban J connectivity index is 0.00000169. The molecule has 5 heteroatoms. The van der Waals surface area contributed by atoms with Crippen LogP contribution in [0.2, 0.25) is 0 Å². The van der Waals surface area contributed by atoms with Crippen LogP contribution >= 0.6 is 39.9 Å². The first-order valence-corrected chi connectivity index (χ1v) is 5.27. The average molecular weight is 303 g/mol. The predicted octanol–water partition coefficient (Wildman–Crippen LogP) is 3.34. The minimum absolute atomic E-state index is 0. The van der Waals surface area contributed by atoms with Crippen molar-refractivity contribution in [3.63, 3.8) is 0 Å². The molecule has 14 heavy (non-hydrogen) atoms. The van der Waals surface area contributed by atoms with Crippen molar-refractivity contribution in [2.24, 2.45) is 0 Å². The van der Waals surface area contributed by atoms with Gasteiger partial charge < -0.3 is 5.32 Å². The van der Waals surface area contributed by atoms with Gasteiger partial charge in [-0.25, -0.2) is 4.39 Å². The van der Waals surface area contributed by atoms with E-state index < -0.39 is 0 Å². The lowest BCUT2D eigenvalue weighted by atomic mass is 10.2. The first-order chi connectivity index (χ1) is 6.22. The maximum Gasteiger partial charge on any atom is 0.124 e. The van der Waals surface area contributed by atoms with Crippen LogP contribution in [-0.4, -0.2) is 12.4 Å². The summed E-state index contributed by atoms with van der Waals surface area (Å²) in [7, 11) is 0. The third-order valence-electron chi connectivity index (χ3n) is 1.52. The summed E-state index contributed by atoms with van der Waals surface area (Å²) in [6.45, 7) is 1.37. The molecule has 0 saturated carbocycles. The van der Waals surface area contributed by atoms with Gasteiger partial charge in [-0.15, -0.1) is 24.0 Å². The zero-order valence-electron chi connectivity index (χ0n) is 7.40. The van der Waals surface area contributed by atoms with Gasteiger partial charge in [-0.05, 0) is 23.8 Å². The molecule has 0 radical (unpaired) electrons. The van der Waals surface area contributed by atoms with Crippen LogP contribution in [0.15, 0.2) is 22.7 Å². The molecule has 0 aliphatic heterocycles. The summed E-state index contributed by atoms with van der Waals surface area (Å²) in [5.74, 6) is 0.341. The summed E-state index contributed by atoms with van der Waals surface area (Å²) in [6.07, 6.45) is 0. The standard InChI is InChI=1S/C9H10BrClFN.ClH/c10-8-3-7(4-9(12)5-8)6-13-2-1-11;/h3-5,13H,1-2,6H2;1H. The van der Waals surface area contributed by atoms with E-state index in [1.54, 1.807) is 0 Å². The Morgan fingerprint density at radius 3 is 2.64 bits per heavy atom. The molecule has 0 heterocycles. The molecular formula is C9H11BrCl2FN. The lowest BCUT2D eigenvalue weighted by Gasteiger charge is -2.03. The fourth-order valence-corrected chi connectivity index (χ4v) is 1.66. The van der Waals surface area contributed by atoms with Crippen LogP contribution in [0.25, 0.3) is 0 Å². The van der Waals surface area contributed by atoms with E-state index in [-0.39, 0.29) is 18.2 Å². The molecule has 0 spiro atoms. The normalized spacial score (nSPS) is 9.64. The molecule has 0 aliphatic rings. The number of benzene rings is 1. The second-order valence-corrected chi connectivity index (χ2v) is 3.94. The highest BCUT2D eigenvalue weighted by molar-refractivity contribution is 9.10. The number of alkyl halides is 1. The zero-order chi connectivity index (χ0) is 9.68. The first-order valence-electron chi connectivity index (χ1n) is 3.94. The lowest BCUT2D eigenvalue weighted by Crippen LogP contribution is -2.15. The minimum atomic E-state index is -0.225. The topological polar surface area (TPSA) is 12.0 Å². The van der Waals surface area contributed by atoms with Gasteiger partial charge >= 0.3 is 0 Å². The summed E-state index contributed by atoms with van der Waals surface area (Å²) in [4.78, 5) is 0. The lowest BCUT2D eigenvalue weighted by molar-refractivity contribution is 0.621. The van der Waals surface area contributed by atoms with E-state index in [0.717, 1.165) is 16.6 Å². The Hall–Kier alpha value is 0.170. The van der Waals surface area contributed by atoms with Gasteiger partial charge in [0.1, 0.15) is 5.82 Å². The SMILES string of the molecule is Cl.Fc1cc(Br)cc(CNCCCl)c1. The highest BCUT2D eigenvalue weighted by atomic mass is 79.9. The van der Waals surface area contributed by atoms with Gasteiger partial charge in [-0.3, -0.25) is 0 Å². The summed E-state index contributed by atoms with van der Waals surface area (Å²) >= 11 is 8.71. The van der Waals surface area contributed by atoms with Crippen LogP contribution < -0.4 is 5.32 Å². The second-order valence-electron chi connectivity index (χ2n) is 2.64. The Bertz CT molecular complexity index is 263. The van der Waals surface area contributed by atoms with E-state index in [2.05, 4.69) is 21.2 Å². The summed E-state index contributed by atoms with van der Waals surface area (Å²) in [5, 5.41) is 3.09. The molecule has 0 saturated heterocycles. The molecule has 0 atom stereocenters. The predicted molar refractivity (Wildman–Crippen MR) is 63.8 cm³/mol. The van der Waals surface area contributed by atoms with Crippen molar-refractivity contribution >= 4 is 39.9 Å². The van der Waals surface area contributed by atoms with Crippen LogP contribution in [-0.2, 0) is 6.54 Å². The third kappa shape index (κ3) is 5.15. The van der Waals surface area contributed by atoms with Crippen molar-refractivity contribution in [1.29, 1.82) is 0 Å². The van der Waals surface area contributed by atoms with Gasteiger partial charge in [0.25, 0.3) is 0 Å². The van der Waals surface area contributed by atoms with Crippen molar-refractivity contribution in [3.05, 3.63) is 34.1 Å². The van der Waals surface area contributed by atoms with Crippen LogP contribution in [0.3, 0.4) is 0 Å². The molecule has 1 nitrogen and oxygen atoms in total. The minimum Gasteiger partial charge on any atom is -0.311 e. The van der Waals surface area contributed by atoms with Crippen molar-refractivity contribution in [3.8, 4) is 0 Å². The largest absolute Gasteiger partial charge is 0.311 e. The van der Waals surface area contributed by atoms with E-state index >= 15 is 0 Å². The van der Waals surface area contributed by atoms with Gasteiger partial charge in [0, 0.05) is 23.4 Å². The fourth-order valence-electron chi connectivity index (χ4n) is 1.01. The van der Waals surface area contributed by atoms with Crippen molar-refractivity contribution < 1.29 is 4.39 Å². The van der Waals surface area contributed by atoms with Crippen LogP contribution in [0.4, 0.5) is 4.39 Å². The third-order valence-corrected chi connectivity index (χ3v) is 2.17. The quantitative estimate of drug-likeness (QED) is 0.664. The van der Waals surface area contributed by atoms with Gasteiger partial charge in [0.15, 0.2) is 0 Å². The highest BCUT2D eigenvalue weighted by Crippen LogP contribution is 2.14. The van der Waals surface area contributed by atoms with Crippen molar-refractivity contribution in [2.75, 3.05) is 12.4 Å². The van der Waals surface area contributed by atoms with E-state index in [0.29, 0.717) is 12.4 Å². The van der Waals surface area contributed by atoms with Gasteiger partial charge in [-0.2, -0.15) is 0 Å². The Morgan fingerprint density at radius 2 is 2.07 bits per heavy atom. The molecule has 80 valence electrons. The van der Waals surface area contributed by atoms with Crippen molar-refractivity contribution in [2.45, 2.75) is 6.54 Å². The van der Waals surface area contributed by atoms with Crippen LogP contribution in [0.5, 0.6) is 0 Å². The van der Waals surface area contributed by atoms with Crippen LogP contribution in [0, 0.1) is 5.82 Å². The monoisotopic (exact) mass is 301 g/mol. The molecule has 0 aliphatic carbocycles. The van der Waals surface area contributed by atoms with E-state index in [4.69, 9.17) is 11.6 Å². The number of halogens is 4. The smallest absolute Gasteiger partial charge is 0.124 e. The number of hydrogen-bond acceptors (Lipinski definition) is 1. The van der Waals surface area contributed by atoms with Gasteiger partial charge in [-0.1, -0.05) is 15.9 Å². The van der Waals surface area contributed by atoms with E-state index in [9.17, 15) is 4.39 Å².